The molecule has 0 radical (unpaired) electrons. The van der Waals surface area contributed by atoms with Gasteiger partial charge in [-0.3, -0.25) is 0 Å². The van der Waals surface area contributed by atoms with Crippen LogP contribution in [-0.2, 0) is 16.1 Å². The van der Waals surface area contributed by atoms with Gasteiger partial charge in [-0.15, -0.1) is 0 Å². The van der Waals surface area contributed by atoms with E-state index in [4.69, 9.17) is 36.1 Å². The lowest BCUT2D eigenvalue weighted by Crippen LogP contribution is -2.18. The van der Waals surface area contributed by atoms with Crippen LogP contribution in [0.25, 0.3) is 0 Å². The summed E-state index contributed by atoms with van der Waals surface area (Å²) < 4.78 is 19.0. The molecule has 8 heteroatoms. The van der Waals surface area contributed by atoms with E-state index in [-0.39, 0.29) is 17.8 Å². The monoisotopic (exact) mass is 501 g/mol. The van der Waals surface area contributed by atoms with E-state index in [1.54, 1.807) is 0 Å². The van der Waals surface area contributed by atoms with Crippen LogP contribution < -0.4 is 10.1 Å². The molecular weight excluding hydrogens is 473 g/mol. The number of aliphatic carboxylic acids is 2. The molecule has 6 nitrogen and oxygen atoms in total. The van der Waals surface area contributed by atoms with Gasteiger partial charge in [0.25, 0.3) is 0 Å². The normalized spacial score (nSPS) is 11.3. The zero-order valence-corrected chi connectivity index (χ0v) is 20.3. The van der Waals surface area contributed by atoms with E-state index in [2.05, 4.69) is 17.4 Å². The number of carboxylic acid groups (broad SMARTS) is 2. The third-order valence-corrected chi connectivity index (χ3v) is 5.21. The molecule has 186 valence electrons. The first-order valence-electron chi connectivity index (χ1n) is 11.1. The molecule has 0 spiro atoms. The zero-order chi connectivity index (χ0) is 25.8. The summed E-state index contributed by atoms with van der Waals surface area (Å²) in [6.45, 7) is 5.68. The van der Waals surface area contributed by atoms with Crippen LogP contribution in [0.3, 0.4) is 0 Å². The van der Waals surface area contributed by atoms with Gasteiger partial charge in [0.2, 0.25) is 0 Å². The summed E-state index contributed by atoms with van der Waals surface area (Å²) in [5.74, 6) is -2.79. The highest BCUT2D eigenvalue weighted by atomic mass is 35.5. The average Bonchev–Trinajstić information content (AvgIpc) is 2.82. The lowest BCUT2D eigenvalue weighted by molar-refractivity contribution is -0.159. The van der Waals surface area contributed by atoms with E-state index in [0.717, 1.165) is 35.8 Å². The Balaban J connectivity index is 0.000000641. The first-order valence-corrected chi connectivity index (χ1v) is 11.5. The number of hydrogen-bond donors (Lipinski definition) is 3. The number of carboxylic acids is 2. The summed E-state index contributed by atoms with van der Waals surface area (Å²) in [5.41, 5.74) is 3.50. The highest BCUT2D eigenvalue weighted by Gasteiger charge is 2.14. The Morgan fingerprint density at radius 1 is 0.886 bits per heavy atom. The largest absolute Gasteiger partial charge is 0.491 e. The van der Waals surface area contributed by atoms with E-state index in [0.29, 0.717) is 0 Å². The number of rotatable bonds is 9. The Morgan fingerprint density at radius 3 is 1.89 bits per heavy atom. The highest BCUT2D eigenvalue weighted by Crippen LogP contribution is 2.29. The molecule has 3 N–H and O–H groups in total. The van der Waals surface area contributed by atoms with Crippen molar-refractivity contribution >= 4 is 23.5 Å². The molecule has 0 aromatic heterocycles. The topological polar surface area (TPSA) is 95.9 Å². The fourth-order valence-corrected chi connectivity index (χ4v) is 3.48. The van der Waals surface area contributed by atoms with Crippen molar-refractivity contribution in [2.75, 3.05) is 6.54 Å². The predicted molar refractivity (Wildman–Crippen MR) is 133 cm³/mol. The minimum absolute atomic E-state index is 0.176. The number of benzene rings is 3. The lowest BCUT2D eigenvalue weighted by atomic mass is 9.88. The van der Waals surface area contributed by atoms with Crippen molar-refractivity contribution < 1.29 is 28.9 Å². The first kappa shape index (κ1) is 27.8. The molecule has 0 heterocycles. The van der Waals surface area contributed by atoms with E-state index in [1.165, 1.54) is 23.3 Å². The van der Waals surface area contributed by atoms with E-state index >= 15 is 0 Å². The van der Waals surface area contributed by atoms with E-state index < -0.39 is 11.9 Å². The van der Waals surface area contributed by atoms with Crippen molar-refractivity contribution in [2.45, 2.75) is 38.8 Å². The molecule has 0 amide bonds. The summed E-state index contributed by atoms with van der Waals surface area (Å²) >= 11 is 6.05. The van der Waals surface area contributed by atoms with Crippen LogP contribution in [0.2, 0.25) is 5.02 Å². The van der Waals surface area contributed by atoms with Gasteiger partial charge in [-0.05, 0) is 79.9 Å². The Morgan fingerprint density at radius 2 is 1.40 bits per heavy atom. The van der Waals surface area contributed by atoms with Gasteiger partial charge in [0.15, 0.2) is 0 Å². The van der Waals surface area contributed by atoms with Crippen molar-refractivity contribution in [3.63, 3.8) is 0 Å². The molecule has 1 atom stereocenters. The summed E-state index contributed by atoms with van der Waals surface area (Å²) in [6.07, 6.45) is 1.08. The number of carbonyl (C=O) groups is 2. The molecule has 0 saturated heterocycles. The van der Waals surface area contributed by atoms with Gasteiger partial charge < -0.3 is 20.3 Å². The van der Waals surface area contributed by atoms with Crippen molar-refractivity contribution in [3.05, 3.63) is 100 Å². The van der Waals surface area contributed by atoms with Gasteiger partial charge in [-0.1, -0.05) is 48.0 Å². The Bertz CT molecular complexity index is 1010. The Labute approximate surface area is 209 Å². The highest BCUT2D eigenvalue weighted by molar-refractivity contribution is 6.30. The standard InChI is InChI=1S/C25H27ClFNO.C2H2O4/c1-18(2)29-24-13-3-19(4-14-24)17-28-16-15-25(20-5-9-22(26)10-6-20)21-7-11-23(27)12-8-21;3-1(4)2(5)6/h3-14,18,25,28H,15-17H2,1-2H3;(H,3,4)(H,5,6). The molecular formula is C27H29ClFNO5. The summed E-state index contributed by atoms with van der Waals surface area (Å²) in [4.78, 5) is 18.2. The molecule has 3 aromatic carbocycles. The molecule has 3 rings (SSSR count). The number of nitrogens with one attached hydrogen (secondary N) is 1. The minimum Gasteiger partial charge on any atom is -0.491 e. The van der Waals surface area contributed by atoms with Crippen LogP contribution in [0.5, 0.6) is 5.75 Å². The zero-order valence-electron chi connectivity index (χ0n) is 19.6. The molecule has 1 unspecified atom stereocenters. The van der Waals surface area contributed by atoms with Crippen LogP contribution in [0.4, 0.5) is 4.39 Å². The van der Waals surface area contributed by atoms with Gasteiger partial charge in [-0.25, -0.2) is 14.0 Å². The molecule has 0 aliphatic rings. The van der Waals surface area contributed by atoms with Crippen molar-refractivity contribution in [3.8, 4) is 5.75 Å². The maximum atomic E-state index is 13.4. The smallest absolute Gasteiger partial charge is 0.414 e. The van der Waals surface area contributed by atoms with Crippen LogP contribution in [0, 0.1) is 5.82 Å². The van der Waals surface area contributed by atoms with Crippen LogP contribution >= 0.6 is 11.6 Å². The van der Waals surface area contributed by atoms with Gasteiger partial charge in [0, 0.05) is 17.5 Å². The Kier molecular flexibility index (Phi) is 11.2. The van der Waals surface area contributed by atoms with Gasteiger partial charge in [0.05, 0.1) is 6.10 Å². The molecule has 0 aliphatic heterocycles. The molecule has 0 bridgehead atoms. The second-order valence-electron chi connectivity index (χ2n) is 8.04. The first-order chi connectivity index (χ1) is 16.7. The van der Waals surface area contributed by atoms with Crippen LogP contribution in [0.1, 0.15) is 42.9 Å². The number of hydrogen-bond acceptors (Lipinski definition) is 4. The quantitative estimate of drug-likeness (QED) is 0.256. The van der Waals surface area contributed by atoms with Crippen molar-refractivity contribution in [1.29, 1.82) is 0 Å². The fraction of sp³-hybridized carbons (Fsp3) is 0.259. The second kappa shape index (κ2) is 14.1. The average molecular weight is 502 g/mol. The molecule has 0 fully saturated rings. The molecule has 3 aromatic rings. The molecule has 0 aliphatic carbocycles. The minimum atomic E-state index is -1.82. The molecule has 35 heavy (non-hydrogen) atoms. The van der Waals surface area contributed by atoms with Crippen LogP contribution in [0.15, 0.2) is 72.8 Å². The third kappa shape index (κ3) is 10.2. The lowest BCUT2D eigenvalue weighted by Gasteiger charge is -2.19. The SMILES string of the molecule is CC(C)Oc1ccc(CNCCC(c2ccc(F)cc2)c2ccc(Cl)cc2)cc1.O=C(O)C(=O)O. The van der Waals surface area contributed by atoms with Crippen molar-refractivity contribution in [1.82, 2.24) is 5.32 Å². The number of ether oxygens (including phenoxy) is 1. The predicted octanol–water partition coefficient (Wildman–Crippen LogP) is 5.73. The molecule has 0 saturated carbocycles. The summed E-state index contributed by atoms with van der Waals surface area (Å²) in [5, 5.41) is 19.0. The summed E-state index contributed by atoms with van der Waals surface area (Å²) in [7, 11) is 0. The second-order valence-corrected chi connectivity index (χ2v) is 8.48. The fourth-order valence-electron chi connectivity index (χ4n) is 3.35. The maximum Gasteiger partial charge on any atom is 0.414 e. The third-order valence-electron chi connectivity index (χ3n) is 4.96. The van der Waals surface area contributed by atoms with E-state index in [1.807, 2.05) is 62.4 Å². The van der Waals surface area contributed by atoms with Gasteiger partial charge in [-0.2, -0.15) is 0 Å². The summed E-state index contributed by atoms with van der Waals surface area (Å²) in [6, 6.07) is 22.8. The van der Waals surface area contributed by atoms with Crippen LogP contribution in [-0.4, -0.2) is 34.8 Å². The van der Waals surface area contributed by atoms with Gasteiger partial charge >= 0.3 is 11.9 Å². The number of halogens is 2. The van der Waals surface area contributed by atoms with Gasteiger partial charge in [0.1, 0.15) is 11.6 Å². The Hall–Kier alpha value is -3.42. The van der Waals surface area contributed by atoms with Crippen molar-refractivity contribution in [2.24, 2.45) is 0 Å². The van der Waals surface area contributed by atoms with E-state index in [9.17, 15) is 4.39 Å². The maximum absolute atomic E-state index is 13.4.